The van der Waals surface area contributed by atoms with E-state index in [1.165, 1.54) is 18.0 Å². The summed E-state index contributed by atoms with van der Waals surface area (Å²) in [6, 6.07) is 10.6. The Morgan fingerprint density at radius 1 is 1.30 bits per heavy atom. The predicted octanol–water partition coefficient (Wildman–Crippen LogP) is 1.44. The molecule has 3 rings (SSSR count). The zero-order chi connectivity index (χ0) is 13.9. The molecule has 2 aromatic heterocycles. The van der Waals surface area contributed by atoms with Crippen LogP contribution in [0, 0.1) is 0 Å². The molecule has 0 N–H and O–H groups in total. The van der Waals surface area contributed by atoms with Gasteiger partial charge in [0.15, 0.2) is 6.61 Å². The smallest absolute Gasteiger partial charge is 0.373 e. The fourth-order valence-corrected chi connectivity index (χ4v) is 1.73. The Labute approximate surface area is 113 Å². The van der Waals surface area contributed by atoms with Crippen molar-refractivity contribution < 1.29 is 18.8 Å². The summed E-state index contributed by atoms with van der Waals surface area (Å²) in [6.07, 6.45) is 0. The van der Waals surface area contributed by atoms with Crippen LogP contribution in [-0.4, -0.2) is 28.2 Å². The molecule has 0 atom stereocenters. The number of methoxy groups -OCH3 is 1. The van der Waals surface area contributed by atoms with Gasteiger partial charge in [-0.15, -0.1) is 5.10 Å². The molecule has 0 saturated heterocycles. The van der Waals surface area contributed by atoms with E-state index in [0.717, 1.165) is 11.0 Å². The molecule has 3 aromatic rings. The third kappa shape index (κ3) is 2.20. The summed E-state index contributed by atoms with van der Waals surface area (Å²) in [5.41, 5.74) is 1.49. The van der Waals surface area contributed by atoms with Gasteiger partial charge in [0, 0.05) is 0 Å². The number of rotatable bonds is 4. The van der Waals surface area contributed by atoms with Crippen LogP contribution in [0.3, 0.4) is 0 Å². The molecule has 0 bridgehead atoms. The molecular formula is C13H11N3O4. The number of carbonyl (C=O) groups excluding carboxylic acids is 1. The van der Waals surface area contributed by atoms with Crippen molar-refractivity contribution in [3.63, 3.8) is 0 Å². The van der Waals surface area contributed by atoms with Crippen LogP contribution in [0.5, 0.6) is 0 Å². The van der Waals surface area contributed by atoms with E-state index in [1.54, 1.807) is 6.07 Å². The first-order chi connectivity index (χ1) is 9.78. The summed E-state index contributed by atoms with van der Waals surface area (Å²) >= 11 is 0. The second-order valence-corrected chi connectivity index (χ2v) is 3.98. The zero-order valence-electron chi connectivity index (χ0n) is 10.6. The van der Waals surface area contributed by atoms with Crippen molar-refractivity contribution in [1.29, 1.82) is 0 Å². The number of ether oxygens (including phenoxy) is 1. The fourth-order valence-electron chi connectivity index (χ4n) is 1.73. The van der Waals surface area contributed by atoms with Gasteiger partial charge in [-0.1, -0.05) is 17.0 Å². The number of nitrogens with zero attached hydrogens (tertiary/aromatic N) is 3. The molecule has 0 saturated carbocycles. The van der Waals surface area contributed by atoms with Crippen molar-refractivity contribution >= 4 is 17.0 Å². The first-order valence-corrected chi connectivity index (χ1v) is 5.88. The minimum Gasteiger partial charge on any atom is -0.463 e. The van der Waals surface area contributed by atoms with Crippen molar-refractivity contribution in [2.75, 3.05) is 7.11 Å². The number of hydrogen-bond donors (Lipinski definition) is 0. The molecule has 0 aliphatic heterocycles. The van der Waals surface area contributed by atoms with E-state index in [2.05, 4.69) is 15.0 Å². The van der Waals surface area contributed by atoms with Crippen molar-refractivity contribution in [1.82, 2.24) is 15.2 Å². The van der Waals surface area contributed by atoms with Crippen LogP contribution >= 0.6 is 0 Å². The highest BCUT2D eigenvalue weighted by atomic mass is 16.7. The molecule has 0 amide bonds. The number of furan rings is 1. The minimum atomic E-state index is -0.526. The molecule has 2 heterocycles. The maximum atomic E-state index is 11.3. The Hall–Kier alpha value is -2.83. The van der Waals surface area contributed by atoms with E-state index in [9.17, 15) is 4.79 Å². The van der Waals surface area contributed by atoms with Gasteiger partial charge in [-0.3, -0.25) is 0 Å². The van der Waals surface area contributed by atoms with Crippen LogP contribution in [-0.2, 0) is 11.3 Å². The van der Waals surface area contributed by atoms with Gasteiger partial charge in [-0.25, -0.2) is 4.79 Å². The van der Waals surface area contributed by atoms with Crippen molar-refractivity contribution in [3.8, 4) is 0 Å². The van der Waals surface area contributed by atoms with Crippen LogP contribution in [0.4, 0.5) is 0 Å². The molecular weight excluding hydrogens is 262 g/mol. The maximum absolute atomic E-state index is 11.3. The molecule has 7 nitrogen and oxygen atoms in total. The number of carbonyl (C=O) groups is 1. The second-order valence-electron chi connectivity index (χ2n) is 3.98. The number of aromatic nitrogens is 3. The molecule has 0 aliphatic rings. The van der Waals surface area contributed by atoms with Gasteiger partial charge in [0.1, 0.15) is 16.8 Å². The lowest BCUT2D eigenvalue weighted by atomic mass is 10.3. The quantitative estimate of drug-likeness (QED) is 0.669. The highest BCUT2D eigenvalue weighted by Gasteiger charge is 2.12. The number of hydrogen-bond acceptors (Lipinski definition) is 6. The average molecular weight is 273 g/mol. The molecule has 1 aromatic carbocycles. The third-order valence-corrected chi connectivity index (χ3v) is 2.70. The third-order valence-electron chi connectivity index (χ3n) is 2.70. The molecule has 0 unspecified atom stereocenters. The Balaban J connectivity index is 1.73. The van der Waals surface area contributed by atoms with E-state index in [1.807, 2.05) is 24.3 Å². The van der Waals surface area contributed by atoms with Gasteiger partial charge < -0.3 is 14.0 Å². The molecule has 0 spiro atoms. The summed E-state index contributed by atoms with van der Waals surface area (Å²) < 4.78 is 9.84. The summed E-state index contributed by atoms with van der Waals surface area (Å²) in [4.78, 5) is 18.0. The summed E-state index contributed by atoms with van der Waals surface area (Å²) in [5, 5.41) is 7.84. The summed E-state index contributed by atoms with van der Waals surface area (Å²) in [7, 11) is 1.29. The van der Waals surface area contributed by atoms with Gasteiger partial charge in [-0.2, -0.15) is 0 Å². The monoisotopic (exact) mass is 273 g/mol. The first-order valence-electron chi connectivity index (χ1n) is 5.88. The Morgan fingerprint density at radius 3 is 3.00 bits per heavy atom. The number of benzene rings is 1. The molecule has 0 fully saturated rings. The molecule has 102 valence electrons. The van der Waals surface area contributed by atoms with Crippen molar-refractivity contribution in [2.24, 2.45) is 0 Å². The van der Waals surface area contributed by atoms with Crippen molar-refractivity contribution in [2.45, 2.75) is 6.61 Å². The molecule has 7 heteroatoms. The SMILES string of the molecule is COC(=O)c1ccc(COn2nnc3ccccc32)o1. The van der Waals surface area contributed by atoms with Crippen LogP contribution in [0.25, 0.3) is 11.0 Å². The lowest BCUT2D eigenvalue weighted by Gasteiger charge is -2.02. The standard InChI is InChI=1S/C13H11N3O4/c1-18-13(17)12-7-6-9(20-12)8-19-16-11-5-3-2-4-10(11)14-15-16/h2-7H,8H2,1H3. The predicted molar refractivity (Wildman–Crippen MR) is 67.9 cm³/mol. The molecule has 0 radical (unpaired) electrons. The normalized spacial score (nSPS) is 10.7. The highest BCUT2D eigenvalue weighted by Crippen LogP contribution is 2.11. The minimum absolute atomic E-state index is 0.129. The van der Waals surface area contributed by atoms with Crippen LogP contribution < -0.4 is 4.84 Å². The Morgan fingerprint density at radius 2 is 2.15 bits per heavy atom. The van der Waals surface area contributed by atoms with Gasteiger partial charge in [0.05, 0.1) is 7.11 Å². The Bertz CT molecular complexity index is 747. The van der Waals surface area contributed by atoms with Crippen LogP contribution in [0.15, 0.2) is 40.8 Å². The van der Waals surface area contributed by atoms with Gasteiger partial charge in [0.2, 0.25) is 5.76 Å². The van der Waals surface area contributed by atoms with E-state index >= 15 is 0 Å². The van der Waals surface area contributed by atoms with E-state index in [0.29, 0.717) is 5.76 Å². The summed E-state index contributed by atoms with van der Waals surface area (Å²) in [5.74, 6) is 0.0991. The molecule has 20 heavy (non-hydrogen) atoms. The number of esters is 1. The van der Waals surface area contributed by atoms with Crippen molar-refractivity contribution in [3.05, 3.63) is 47.9 Å². The summed E-state index contributed by atoms with van der Waals surface area (Å²) in [6.45, 7) is 0.129. The van der Waals surface area contributed by atoms with Crippen LogP contribution in [0.1, 0.15) is 16.3 Å². The van der Waals surface area contributed by atoms with Gasteiger partial charge in [0.25, 0.3) is 0 Å². The van der Waals surface area contributed by atoms with Gasteiger partial charge >= 0.3 is 5.97 Å². The average Bonchev–Trinajstić information content (AvgIpc) is 3.11. The van der Waals surface area contributed by atoms with Gasteiger partial charge in [-0.05, 0) is 29.5 Å². The van der Waals surface area contributed by atoms with Crippen LogP contribution in [0.2, 0.25) is 0 Å². The largest absolute Gasteiger partial charge is 0.463 e. The van der Waals surface area contributed by atoms with E-state index in [-0.39, 0.29) is 12.4 Å². The van der Waals surface area contributed by atoms with E-state index < -0.39 is 5.97 Å². The number of para-hydroxylation sites is 1. The number of fused-ring (bicyclic) bond motifs is 1. The second kappa shape index (κ2) is 5.04. The molecule has 0 aliphatic carbocycles. The Kier molecular flexibility index (Phi) is 3.08. The zero-order valence-corrected chi connectivity index (χ0v) is 10.6. The first kappa shape index (κ1) is 12.2. The highest BCUT2D eigenvalue weighted by molar-refractivity contribution is 5.86. The maximum Gasteiger partial charge on any atom is 0.373 e. The lowest BCUT2D eigenvalue weighted by molar-refractivity contribution is 0.0522. The van der Waals surface area contributed by atoms with E-state index in [4.69, 9.17) is 9.25 Å². The fraction of sp³-hybridized carbons (Fsp3) is 0.154. The topological polar surface area (TPSA) is 79.4 Å². The lowest BCUT2D eigenvalue weighted by Crippen LogP contribution is -2.12.